The molecule has 0 aliphatic heterocycles. The van der Waals surface area contributed by atoms with Gasteiger partial charge in [0.05, 0.1) is 12.0 Å². The van der Waals surface area contributed by atoms with Crippen LogP contribution in [0.3, 0.4) is 0 Å². The van der Waals surface area contributed by atoms with Gasteiger partial charge in [-0.25, -0.2) is 4.98 Å². The molecule has 2 aromatic heterocycles. The first-order valence-electron chi connectivity index (χ1n) is 7.85. The molecular formula is C18H17N3O3S. The molecule has 6 nitrogen and oxygen atoms in total. The minimum absolute atomic E-state index is 0.124. The maximum atomic E-state index is 12.0. The van der Waals surface area contributed by atoms with Gasteiger partial charge in [0, 0.05) is 23.9 Å². The highest BCUT2D eigenvalue weighted by Crippen LogP contribution is 2.24. The van der Waals surface area contributed by atoms with Crippen molar-refractivity contribution in [1.82, 2.24) is 10.3 Å². The normalized spacial score (nSPS) is 10.4. The second-order valence-corrected chi connectivity index (χ2v) is 6.15. The molecule has 3 rings (SSSR count). The van der Waals surface area contributed by atoms with E-state index in [-0.39, 0.29) is 17.6 Å². The number of carbonyl (C=O) groups excluding carboxylic acids is 2. The van der Waals surface area contributed by atoms with Crippen LogP contribution in [0.2, 0.25) is 0 Å². The highest BCUT2D eigenvalue weighted by Gasteiger charge is 2.10. The van der Waals surface area contributed by atoms with Crippen molar-refractivity contribution in [3.8, 4) is 11.3 Å². The molecule has 25 heavy (non-hydrogen) atoms. The van der Waals surface area contributed by atoms with Gasteiger partial charge in [-0.05, 0) is 18.6 Å². The van der Waals surface area contributed by atoms with Crippen molar-refractivity contribution in [2.45, 2.75) is 12.8 Å². The van der Waals surface area contributed by atoms with E-state index in [1.165, 1.54) is 17.6 Å². The Balaban J connectivity index is 1.41. The second-order valence-electron chi connectivity index (χ2n) is 5.29. The number of thiazole rings is 1. The van der Waals surface area contributed by atoms with Gasteiger partial charge in [0.15, 0.2) is 10.9 Å². The third-order valence-electron chi connectivity index (χ3n) is 3.43. The number of furan rings is 1. The quantitative estimate of drug-likeness (QED) is 0.635. The Morgan fingerprint density at radius 1 is 1.12 bits per heavy atom. The van der Waals surface area contributed by atoms with Crippen molar-refractivity contribution < 1.29 is 14.0 Å². The van der Waals surface area contributed by atoms with Crippen LogP contribution >= 0.6 is 11.3 Å². The number of carbonyl (C=O) groups is 2. The lowest BCUT2D eigenvalue weighted by molar-refractivity contribution is -0.116. The van der Waals surface area contributed by atoms with Gasteiger partial charge in [-0.3, -0.25) is 9.59 Å². The van der Waals surface area contributed by atoms with Crippen LogP contribution in [0.25, 0.3) is 11.3 Å². The molecule has 2 heterocycles. The Morgan fingerprint density at radius 2 is 1.96 bits per heavy atom. The van der Waals surface area contributed by atoms with Crippen molar-refractivity contribution in [2.75, 3.05) is 11.9 Å². The molecule has 0 fully saturated rings. The molecule has 0 aliphatic rings. The standard InChI is InChI=1S/C18H17N3O3S/c22-16(9-4-10-19-17(23)15-8-5-11-24-15)21-18-20-14(12-25-18)13-6-2-1-3-7-13/h1-3,5-8,11-12H,4,9-10H2,(H,19,23)(H,20,21,22). The van der Waals surface area contributed by atoms with E-state index in [1.54, 1.807) is 12.1 Å². The Bertz CT molecular complexity index is 828. The first-order valence-corrected chi connectivity index (χ1v) is 8.73. The van der Waals surface area contributed by atoms with Crippen LogP contribution in [0.15, 0.2) is 58.5 Å². The van der Waals surface area contributed by atoms with Crippen LogP contribution in [0.5, 0.6) is 0 Å². The molecule has 0 aliphatic carbocycles. The van der Waals surface area contributed by atoms with Gasteiger partial charge in [0.2, 0.25) is 5.91 Å². The number of nitrogens with zero attached hydrogens (tertiary/aromatic N) is 1. The maximum absolute atomic E-state index is 12.0. The van der Waals surface area contributed by atoms with E-state index in [4.69, 9.17) is 4.42 Å². The zero-order valence-electron chi connectivity index (χ0n) is 13.4. The van der Waals surface area contributed by atoms with Crippen LogP contribution in [-0.2, 0) is 4.79 Å². The predicted molar refractivity (Wildman–Crippen MR) is 96.5 cm³/mol. The smallest absolute Gasteiger partial charge is 0.286 e. The number of benzene rings is 1. The van der Waals surface area contributed by atoms with Crippen molar-refractivity contribution in [1.29, 1.82) is 0 Å². The SMILES string of the molecule is O=C(CCCNC(=O)c1ccco1)Nc1nc(-c2ccccc2)cs1. The molecule has 0 spiro atoms. The summed E-state index contributed by atoms with van der Waals surface area (Å²) in [4.78, 5) is 28.0. The fraction of sp³-hybridized carbons (Fsp3) is 0.167. The number of nitrogens with one attached hydrogen (secondary N) is 2. The fourth-order valence-corrected chi connectivity index (χ4v) is 2.94. The van der Waals surface area contributed by atoms with Crippen molar-refractivity contribution >= 4 is 28.3 Å². The van der Waals surface area contributed by atoms with Crippen molar-refractivity contribution in [3.63, 3.8) is 0 Å². The highest BCUT2D eigenvalue weighted by atomic mass is 32.1. The summed E-state index contributed by atoms with van der Waals surface area (Å²) < 4.78 is 4.99. The van der Waals surface area contributed by atoms with E-state index in [0.29, 0.717) is 24.5 Å². The van der Waals surface area contributed by atoms with Crippen LogP contribution in [0.1, 0.15) is 23.4 Å². The highest BCUT2D eigenvalue weighted by molar-refractivity contribution is 7.14. The Labute approximate surface area is 148 Å². The van der Waals surface area contributed by atoms with Crippen LogP contribution in [0.4, 0.5) is 5.13 Å². The monoisotopic (exact) mass is 355 g/mol. The average Bonchev–Trinajstić information content (AvgIpc) is 3.31. The Hall–Kier alpha value is -2.93. The lowest BCUT2D eigenvalue weighted by Crippen LogP contribution is -2.25. The molecule has 1 aromatic carbocycles. The summed E-state index contributed by atoms with van der Waals surface area (Å²) in [6, 6.07) is 13.0. The number of hydrogen-bond donors (Lipinski definition) is 2. The predicted octanol–water partition coefficient (Wildman–Crippen LogP) is 3.55. The van der Waals surface area contributed by atoms with Gasteiger partial charge in [0.25, 0.3) is 5.91 Å². The number of anilines is 1. The summed E-state index contributed by atoms with van der Waals surface area (Å²) in [5, 5.41) is 7.97. The Morgan fingerprint density at radius 3 is 2.72 bits per heavy atom. The summed E-state index contributed by atoms with van der Waals surface area (Å²) in [6.07, 6.45) is 2.29. The first-order chi connectivity index (χ1) is 12.2. The third kappa shape index (κ3) is 4.77. The summed E-state index contributed by atoms with van der Waals surface area (Å²) >= 11 is 1.39. The molecule has 0 atom stereocenters. The summed E-state index contributed by atoms with van der Waals surface area (Å²) in [7, 11) is 0. The van der Waals surface area contributed by atoms with Crippen LogP contribution < -0.4 is 10.6 Å². The molecule has 2 amide bonds. The van der Waals surface area contributed by atoms with E-state index in [2.05, 4.69) is 15.6 Å². The minimum Gasteiger partial charge on any atom is -0.459 e. The molecule has 0 saturated carbocycles. The van der Waals surface area contributed by atoms with E-state index in [1.807, 2.05) is 35.7 Å². The van der Waals surface area contributed by atoms with E-state index in [0.717, 1.165) is 11.3 Å². The van der Waals surface area contributed by atoms with Gasteiger partial charge in [-0.2, -0.15) is 0 Å². The lowest BCUT2D eigenvalue weighted by atomic mass is 10.2. The van der Waals surface area contributed by atoms with Crippen LogP contribution in [0, 0.1) is 0 Å². The van der Waals surface area contributed by atoms with Gasteiger partial charge < -0.3 is 15.1 Å². The largest absolute Gasteiger partial charge is 0.459 e. The van der Waals surface area contributed by atoms with Crippen LogP contribution in [-0.4, -0.2) is 23.3 Å². The molecule has 2 N–H and O–H groups in total. The molecule has 3 aromatic rings. The number of hydrogen-bond acceptors (Lipinski definition) is 5. The number of rotatable bonds is 7. The molecule has 0 unspecified atom stereocenters. The molecular weight excluding hydrogens is 338 g/mol. The Kier molecular flexibility index (Phi) is 5.58. The first kappa shape index (κ1) is 16.9. The maximum Gasteiger partial charge on any atom is 0.286 e. The zero-order valence-corrected chi connectivity index (χ0v) is 14.2. The summed E-state index contributed by atoms with van der Waals surface area (Å²) in [5.41, 5.74) is 1.85. The summed E-state index contributed by atoms with van der Waals surface area (Å²) in [5.74, 6) is -0.139. The van der Waals surface area contributed by atoms with Gasteiger partial charge in [-0.15, -0.1) is 11.3 Å². The molecule has 0 bridgehead atoms. The molecule has 0 radical (unpaired) electrons. The van der Waals surface area contributed by atoms with Gasteiger partial charge in [-0.1, -0.05) is 30.3 Å². The minimum atomic E-state index is -0.280. The fourth-order valence-electron chi connectivity index (χ4n) is 2.20. The molecule has 128 valence electrons. The van der Waals surface area contributed by atoms with E-state index < -0.39 is 0 Å². The van der Waals surface area contributed by atoms with E-state index in [9.17, 15) is 9.59 Å². The lowest BCUT2D eigenvalue weighted by Gasteiger charge is -2.03. The van der Waals surface area contributed by atoms with Gasteiger partial charge >= 0.3 is 0 Å². The zero-order chi connectivity index (χ0) is 17.5. The average molecular weight is 355 g/mol. The second kappa shape index (κ2) is 8.25. The summed E-state index contributed by atoms with van der Waals surface area (Å²) in [6.45, 7) is 0.403. The topological polar surface area (TPSA) is 84.2 Å². The number of amides is 2. The van der Waals surface area contributed by atoms with Crippen molar-refractivity contribution in [2.24, 2.45) is 0 Å². The third-order valence-corrected chi connectivity index (χ3v) is 4.19. The molecule has 0 saturated heterocycles. The van der Waals surface area contributed by atoms with Gasteiger partial charge in [0.1, 0.15) is 0 Å². The van der Waals surface area contributed by atoms with Crippen molar-refractivity contribution in [3.05, 3.63) is 59.9 Å². The number of aromatic nitrogens is 1. The molecule has 7 heteroatoms. The van der Waals surface area contributed by atoms with E-state index >= 15 is 0 Å².